The number of rotatable bonds is 5. The minimum absolute atomic E-state index is 0.338. The molecule has 1 heteroatoms. The summed E-state index contributed by atoms with van der Waals surface area (Å²) in [5.74, 6) is 2.16. The summed E-state index contributed by atoms with van der Waals surface area (Å²) in [5.41, 5.74) is 0.373. The molecule has 0 radical (unpaired) electrons. The summed E-state index contributed by atoms with van der Waals surface area (Å²) in [6.07, 6.45) is 6.65. The van der Waals surface area contributed by atoms with Crippen LogP contribution in [0.25, 0.3) is 0 Å². The zero-order valence-corrected chi connectivity index (χ0v) is 12.4. The highest BCUT2D eigenvalue weighted by molar-refractivity contribution is 5.81. The Morgan fingerprint density at radius 1 is 1.35 bits per heavy atom. The van der Waals surface area contributed by atoms with Gasteiger partial charge in [-0.1, -0.05) is 41.0 Å². The van der Waals surface area contributed by atoms with E-state index in [-0.39, 0.29) is 0 Å². The normalized spacial score (nSPS) is 28.4. The highest BCUT2D eigenvalue weighted by atomic mass is 16.1. The van der Waals surface area contributed by atoms with Gasteiger partial charge in [-0.2, -0.15) is 0 Å². The van der Waals surface area contributed by atoms with Gasteiger partial charge < -0.3 is 0 Å². The quantitative estimate of drug-likeness (QED) is 0.669. The van der Waals surface area contributed by atoms with Crippen molar-refractivity contribution in [1.82, 2.24) is 0 Å². The summed E-state index contributed by atoms with van der Waals surface area (Å²) in [4.78, 5) is 12.4. The summed E-state index contributed by atoms with van der Waals surface area (Å²) >= 11 is 0. The fourth-order valence-corrected chi connectivity index (χ4v) is 3.29. The molecule has 100 valence electrons. The smallest absolute Gasteiger partial charge is 0.136 e. The fourth-order valence-electron chi connectivity index (χ4n) is 3.29. The van der Waals surface area contributed by atoms with Gasteiger partial charge in [0, 0.05) is 12.3 Å². The summed E-state index contributed by atoms with van der Waals surface area (Å²) < 4.78 is 0. The minimum Gasteiger partial charge on any atom is -0.299 e. The number of hydrogen-bond acceptors (Lipinski definition) is 1. The van der Waals surface area contributed by atoms with Crippen molar-refractivity contribution in [3.8, 4) is 0 Å². The van der Waals surface area contributed by atoms with Gasteiger partial charge in [0.1, 0.15) is 5.78 Å². The lowest BCUT2D eigenvalue weighted by atomic mass is 9.62. The Balaban J connectivity index is 2.70. The van der Waals surface area contributed by atoms with Crippen LogP contribution >= 0.6 is 0 Å². The third kappa shape index (κ3) is 4.12. The molecule has 1 rings (SSSR count). The van der Waals surface area contributed by atoms with Crippen LogP contribution in [0.1, 0.15) is 73.1 Å². The molecule has 0 N–H and O–H groups in total. The topological polar surface area (TPSA) is 17.1 Å². The van der Waals surface area contributed by atoms with Gasteiger partial charge in [-0.05, 0) is 42.9 Å². The number of ketones is 1. The highest BCUT2D eigenvalue weighted by Gasteiger charge is 2.39. The first-order chi connectivity index (χ1) is 7.87. The molecule has 0 spiro atoms. The molecule has 1 saturated carbocycles. The molecule has 2 atom stereocenters. The minimum atomic E-state index is 0.338. The van der Waals surface area contributed by atoms with Crippen LogP contribution in [0, 0.1) is 23.2 Å². The Labute approximate surface area is 107 Å². The molecule has 1 aliphatic rings. The van der Waals surface area contributed by atoms with Crippen molar-refractivity contribution >= 4 is 5.78 Å². The molecular weight excluding hydrogens is 208 g/mol. The van der Waals surface area contributed by atoms with E-state index in [0.717, 1.165) is 25.7 Å². The maximum atomic E-state index is 12.4. The maximum absolute atomic E-state index is 12.4. The lowest BCUT2D eigenvalue weighted by molar-refractivity contribution is -0.128. The summed E-state index contributed by atoms with van der Waals surface area (Å²) in [7, 11) is 0. The molecule has 17 heavy (non-hydrogen) atoms. The zero-order valence-electron chi connectivity index (χ0n) is 12.4. The Kier molecular flexibility index (Phi) is 5.22. The molecule has 0 aromatic carbocycles. The summed E-state index contributed by atoms with van der Waals surface area (Å²) in [6, 6.07) is 0. The van der Waals surface area contributed by atoms with Crippen LogP contribution in [0.5, 0.6) is 0 Å². The molecule has 1 nitrogen and oxygen atoms in total. The van der Waals surface area contributed by atoms with Crippen molar-refractivity contribution < 1.29 is 4.79 Å². The standard InChI is InChI=1S/C16H30O/c1-6-7-8-15(17)14-11-16(4,5)10-9-13(14)12(2)3/h12-14H,6-11H2,1-5H3/t13-,14-/m0/s1. The second-order valence-electron chi connectivity index (χ2n) is 6.99. The zero-order chi connectivity index (χ0) is 13.1. The first-order valence-electron chi connectivity index (χ1n) is 7.40. The molecule has 0 saturated heterocycles. The van der Waals surface area contributed by atoms with Crippen molar-refractivity contribution in [3.63, 3.8) is 0 Å². The van der Waals surface area contributed by atoms with Crippen LogP contribution in [0.4, 0.5) is 0 Å². The average molecular weight is 238 g/mol. The van der Waals surface area contributed by atoms with Gasteiger partial charge in [0.2, 0.25) is 0 Å². The van der Waals surface area contributed by atoms with Gasteiger partial charge in [-0.3, -0.25) is 4.79 Å². The Morgan fingerprint density at radius 3 is 2.53 bits per heavy atom. The Bertz CT molecular complexity index is 252. The number of unbranched alkanes of at least 4 members (excludes halogenated alkanes) is 1. The molecular formula is C16H30O. The van der Waals surface area contributed by atoms with Crippen LogP contribution < -0.4 is 0 Å². The van der Waals surface area contributed by atoms with Gasteiger partial charge in [0.25, 0.3) is 0 Å². The molecule has 0 aliphatic heterocycles. The first-order valence-corrected chi connectivity index (χ1v) is 7.40. The van der Waals surface area contributed by atoms with Crippen LogP contribution in [0.15, 0.2) is 0 Å². The first kappa shape index (κ1) is 14.7. The summed E-state index contributed by atoms with van der Waals surface area (Å²) in [6.45, 7) is 11.4. The van der Waals surface area contributed by atoms with E-state index in [1.807, 2.05) is 0 Å². The third-order valence-corrected chi connectivity index (χ3v) is 4.49. The van der Waals surface area contributed by atoms with E-state index in [1.165, 1.54) is 12.8 Å². The highest BCUT2D eigenvalue weighted by Crippen LogP contribution is 2.45. The predicted octanol–water partition coefficient (Wildman–Crippen LogP) is 4.84. The molecule has 0 aromatic rings. The second kappa shape index (κ2) is 6.02. The molecule has 0 amide bonds. The van der Waals surface area contributed by atoms with Crippen molar-refractivity contribution in [1.29, 1.82) is 0 Å². The van der Waals surface area contributed by atoms with E-state index in [2.05, 4.69) is 34.6 Å². The Morgan fingerprint density at radius 2 is 2.00 bits per heavy atom. The van der Waals surface area contributed by atoms with E-state index in [9.17, 15) is 4.79 Å². The number of carbonyl (C=O) groups is 1. The van der Waals surface area contributed by atoms with Crippen molar-refractivity contribution in [2.75, 3.05) is 0 Å². The Hall–Kier alpha value is -0.330. The van der Waals surface area contributed by atoms with Gasteiger partial charge in [0.05, 0.1) is 0 Å². The van der Waals surface area contributed by atoms with E-state index in [0.29, 0.717) is 29.0 Å². The molecule has 1 aliphatic carbocycles. The summed E-state index contributed by atoms with van der Waals surface area (Å²) in [5, 5.41) is 0. The van der Waals surface area contributed by atoms with Crippen molar-refractivity contribution in [3.05, 3.63) is 0 Å². The number of hydrogen-bond donors (Lipinski definition) is 0. The third-order valence-electron chi connectivity index (χ3n) is 4.49. The largest absolute Gasteiger partial charge is 0.299 e. The van der Waals surface area contributed by atoms with Crippen LogP contribution in [-0.4, -0.2) is 5.78 Å². The molecule has 0 heterocycles. The monoisotopic (exact) mass is 238 g/mol. The maximum Gasteiger partial charge on any atom is 0.136 e. The van der Waals surface area contributed by atoms with E-state index in [4.69, 9.17) is 0 Å². The predicted molar refractivity (Wildman–Crippen MR) is 74.0 cm³/mol. The van der Waals surface area contributed by atoms with Gasteiger partial charge >= 0.3 is 0 Å². The second-order valence-corrected chi connectivity index (χ2v) is 6.99. The lowest BCUT2D eigenvalue weighted by Gasteiger charge is -2.42. The molecule has 0 aromatic heterocycles. The molecule has 1 fully saturated rings. The SMILES string of the molecule is CCCCC(=O)[C@H]1CC(C)(C)CC[C@H]1C(C)C. The van der Waals surface area contributed by atoms with Crippen LogP contribution in [-0.2, 0) is 4.79 Å². The lowest BCUT2D eigenvalue weighted by Crippen LogP contribution is -2.37. The van der Waals surface area contributed by atoms with Crippen LogP contribution in [0.3, 0.4) is 0 Å². The van der Waals surface area contributed by atoms with Gasteiger partial charge in [0.15, 0.2) is 0 Å². The number of Topliss-reactive ketones (excluding diaryl/α,β-unsaturated/α-hetero) is 1. The molecule has 0 unspecified atom stereocenters. The molecule has 0 bridgehead atoms. The van der Waals surface area contributed by atoms with E-state index < -0.39 is 0 Å². The van der Waals surface area contributed by atoms with E-state index >= 15 is 0 Å². The average Bonchev–Trinajstić information content (AvgIpc) is 2.24. The van der Waals surface area contributed by atoms with E-state index in [1.54, 1.807) is 0 Å². The fraction of sp³-hybridized carbons (Fsp3) is 0.938. The van der Waals surface area contributed by atoms with Gasteiger partial charge in [-0.15, -0.1) is 0 Å². The van der Waals surface area contributed by atoms with Crippen LogP contribution in [0.2, 0.25) is 0 Å². The van der Waals surface area contributed by atoms with Gasteiger partial charge in [-0.25, -0.2) is 0 Å². The van der Waals surface area contributed by atoms with Crippen molar-refractivity contribution in [2.24, 2.45) is 23.2 Å². The number of carbonyl (C=O) groups excluding carboxylic acids is 1. The van der Waals surface area contributed by atoms with Crippen molar-refractivity contribution in [2.45, 2.75) is 73.1 Å².